The van der Waals surface area contributed by atoms with E-state index in [1.165, 1.54) is 18.5 Å². The molecule has 2 aliphatic rings. The molecule has 0 spiro atoms. The van der Waals surface area contributed by atoms with Gasteiger partial charge in [0.2, 0.25) is 0 Å². The lowest BCUT2D eigenvalue weighted by Gasteiger charge is -2.13. The Morgan fingerprint density at radius 1 is 0.947 bits per heavy atom. The van der Waals surface area contributed by atoms with Gasteiger partial charge in [0.15, 0.2) is 0 Å². The van der Waals surface area contributed by atoms with Crippen molar-refractivity contribution in [1.29, 1.82) is 0 Å². The van der Waals surface area contributed by atoms with Crippen LogP contribution in [0.2, 0.25) is 0 Å². The Bertz CT molecular complexity index is 578. The fourth-order valence-electron chi connectivity index (χ4n) is 3.27. The van der Waals surface area contributed by atoms with Crippen molar-refractivity contribution >= 4 is 0 Å². The average molecular weight is 251 g/mol. The van der Waals surface area contributed by atoms with Gasteiger partial charge in [-0.2, -0.15) is 0 Å². The number of ether oxygens (including phenoxy) is 1. The van der Waals surface area contributed by atoms with Crippen molar-refractivity contribution in [2.45, 2.75) is 11.8 Å². The summed E-state index contributed by atoms with van der Waals surface area (Å²) in [5.41, 5.74) is 1.90. The highest BCUT2D eigenvalue weighted by Crippen LogP contribution is 2.56. The van der Waals surface area contributed by atoms with Gasteiger partial charge in [0, 0.05) is 12.0 Å². The Morgan fingerprint density at radius 2 is 1.68 bits per heavy atom. The van der Waals surface area contributed by atoms with Gasteiger partial charge < -0.3 is 10.1 Å². The second-order valence-corrected chi connectivity index (χ2v) is 5.63. The van der Waals surface area contributed by atoms with Crippen LogP contribution in [0.25, 0.3) is 0 Å². The maximum atomic E-state index is 5.83. The van der Waals surface area contributed by atoms with E-state index in [0.717, 1.165) is 24.0 Å². The third-order valence-corrected chi connectivity index (χ3v) is 4.47. The zero-order valence-electron chi connectivity index (χ0n) is 10.8. The number of hydrogen-bond donors (Lipinski definition) is 1. The third-order valence-electron chi connectivity index (χ3n) is 4.47. The fraction of sp³-hybridized carbons (Fsp3) is 0.294. The molecule has 2 nitrogen and oxygen atoms in total. The van der Waals surface area contributed by atoms with Crippen molar-refractivity contribution in [2.75, 3.05) is 13.1 Å². The van der Waals surface area contributed by atoms with Crippen molar-refractivity contribution in [2.24, 2.45) is 5.92 Å². The van der Waals surface area contributed by atoms with Gasteiger partial charge in [-0.3, -0.25) is 0 Å². The summed E-state index contributed by atoms with van der Waals surface area (Å²) in [5.74, 6) is 2.66. The van der Waals surface area contributed by atoms with E-state index < -0.39 is 0 Å². The summed E-state index contributed by atoms with van der Waals surface area (Å²) in [4.78, 5) is 0. The molecule has 1 saturated carbocycles. The highest BCUT2D eigenvalue weighted by Gasteiger charge is 2.57. The molecule has 1 aliphatic heterocycles. The molecule has 2 atom stereocenters. The Hall–Kier alpha value is -1.80. The number of rotatable bonds is 3. The van der Waals surface area contributed by atoms with E-state index in [2.05, 4.69) is 29.6 Å². The second-order valence-electron chi connectivity index (χ2n) is 5.63. The molecular weight excluding hydrogens is 234 g/mol. The molecule has 0 amide bonds. The molecule has 4 rings (SSSR count). The van der Waals surface area contributed by atoms with E-state index in [0.29, 0.717) is 5.41 Å². The topological polar surface area (TPSA) is 21.3 Å². The van der Waals surface area contributed by atoms with Crippen LogP contribution in [-0.4, -0.2) is 13.1 Å². The molecule has 0 aromatic heterocycles. The first kappa shape index (κ1) is 11.1. The maximum absolute atomic E-state index is 5.83. The summed E-state index contributed by atoms with van der Waals surface area (Å²) in [6, 6.07) is 18.6. The molecule has 2 heteroatoms. The number of nitrogens with one attached hydrogen (secondary N) is 1. The van der Waals surface area contributed by atoms with Gasteiger partial charge in [-0.05, 0) is 48.7 Å². The summed E-state index contributed by atoms with van der Waals surface area (Å²) in [6.45, 7) is 2.32. The number of hydrogen-bond acceptors (Lipinski definition) is 2. The van der Waals surface area contributed by atoms with E-state index >= 15 is 0 Å². The second kappa shape index (κ2) is 4.10. The van der Waals surface area contributed by atoms with E-state index in [9.17, 15) is 0 Å². The molecule has 2 aromatic carbocycles. The van der Waals surface area contributed by atoms with Crippen LogP contribution in [-0.2, 0) is 5.41 Å². The standard InChI is InChI=1S/C17H17NO/c1-2-4-15(5-3-1)19-16-8-6-13(7-9-16)17-10-14(17)11-18-12-17/h1-9,14,18H,10-12H2. The molecule has 0 radical (unpaired) electrons. The van der Waals surface area contributed by atoms with Crippen LogP contribution in [0.4, 0.5) is 0 Å². The van der Waals surface area contributed by atoms with E-state index in [1.807, 2.05) is 30.3 Å². The summed E-state index contributed by atoms with van der Waals surface area (Å²) >= 11 is 0. The van der Waals surface area contributed by atoms with Crippen LogP contribution >= 0.6 is 0 Å². The first-order valence-corrected chi connectivity index (χ1v) is 6.91. The largest absolute Gasteiger partial charge is 0.457 e. The normalized spacial score (nSPS) is 27.9. The van der Waals surface area contributed by atoms with Gasteiger partial charge in [-0.15, -0.1) is 0 Å². The number of para-hydroxylation sites is 1. The lowest BCUT2D eigenvalue weighted by atomic mass is 9.95. The van der Waals surface area contributed by atoms with Crippen LogP contribution < -0.4 is 10.1 Å². The number of piperidine rings is 1. The van der Waals surface area contributed by atoms with Crippen LogP contribution in [0.15, 0.2) is 54.6 Å². The lowest BCUT2D eigenvalue weighted by molar-refractivity contribution is 0.482. The first-order chi connectivity index (χ1) is 9.37. The molecule has 1 N–H and O–H groups in total. The van der Waals surface area contributed by atoms with E-state index in [-0.39, 0.29) is 0 Å². The predicted octanol–water partition coefficient (Wildman–Crippen LogP) is 3.34. The average Bonchev–Trinajstić information content (AvgIpc) is 3.03. The van der Waals surface area contributed by atoms with Gasteiger partial charge in [0.05, 0.1) is 0 Å². The van der Waals surface area contributed by atoms with Gasteiger partial charge >= 0.3 is 0 Å². The molecule has 0 bridgehead atoms. The molecule has 1 heterocycles. The minimum absolute atomic E-state index is 0.436. The van der Waals surface area contributed by atoms with Crippen LogP contribution in [0.5, 0.6) is 11.5 Å². The smallest absolute Gasteiger partial charge is 0.127 e. The highest BCUT2D eigenvalue weighted by molar-refractivity contribution is 5.41. The fourth-order valence-corrected chi connectivity index (χ4v) is 3.27. The van der Waals surface area contributed by atoms with Crippen molar-refractivity contribution in [3.05, 3.63) is 60.2 Å². The van der Waals surface area contributed by atoms with Gasteiger partial charge in [-0.1, -0.05) is 30.3 Å². The summed E-state index contributed by atoms with van der Waals surface area (Å²) < 4.78 is 5.83. The van der Waals surface area contributed by atoms with Crippen LogP contribution in [0.1, 0.15) is 12.0 Å². The van der Waals surface area contributed by atoms with Crippen molar-refractivity contribution in [1.82, 2.24) is 5.32 Å². The molecule has 2 unspecified atom stereocenters. The van der Waals surface area contributed by atoms with Crippen molar-refractivity contribution < 1.29 is 4.74 Å². The minimum atomic E-state index is 0.436. The van der Waals surface area contributed by atoms with Gasteiger partial charge in [0.1, 0.15) is 11.5 Å². The van der Waals surface area contributed by atoms with E-state index in [4.69, 9.17) is 4.74 Å². The summed E-state index contributed by atoms with van der Waals surface area (Å²) in [7, 11) is 0. The van der Waals surface area contributed by atoms with Gasteiger partial charge in [0.25, 0.3) is 0 Å². The highest BCUT2D eigenvalue weighted by atomic mass is 16.5. The van der Waals surface area contributed by atoms with Crippen molar-refractivity contribution in [3.8, 4) is 11.5 Å². The Labute approximate surface area is 113 Å². The molecular formula is C17H17NO. The minimum Gasteiger partial charge on any atom is -0.457 e. The van der Waals surface area contributed by atoms with Crippen molar-refractivity contribution in [3.63, 3.8) is 0 Å². The summed E-state index contributed by atoms with van der Waals surface area (Å²) in [5, 5.41) is 3.48. The SMILES string of the molecule is c1ccc(Oc2ccc(C34CNCC3C4)cc2)cc1. The first-order valence-electron chi connectivity index (χ1n) is 6.91. The molecule has 1 saturated heterocycles. The molecule has 96 valence electrons. The quantitative estimate of drug-likeness (QED) is 0.903. The Balaban J connectivity index is 1.54. The van der Waals surface area contributed by atoms with Gasteiger partial charge in [-0.25, -0.2) is 0 Å². The molecule has 19 heavy (non-hydrogen) atoms. The third kappa shape index (κ3) is 1.83. The van der Waals surface area contributed by atoms with E-state index in [1.54, 1.807) is 0 Å². The zero-order valence-corrected chi connectivity index (χ0v) is 10.8. The Morgan fingerprint density at radius 3 is 2.32 bits per heavy atom. The molecule has 1 aliphatic carbocycles. The molecule has 2 aromatic rings. The molecule has 2 fully saturated rings. The van der Waals surface area contributed by atoms with Crippen LogP contribution in [0, 0.1) is 5.92 Å². The van der Waals surface area contributed by atoms with Crippen LogP contribution in [0.3, 0.4) is 0 Å². The monoisotopic (exact) mass is 251 g/mol. The zero-order chi connectivity index (χ0) is 12.7. The lowest BCUT2D eigenvalue weighted by Crippen LogP contribution is -2.19. The number of benzene rings is 2. The summed E-state index contributed by atoms with van der Waals surface area (Å²) in [6.07, 6.45) is 1.35. The Kier molecular flexibility index (Phi) is 2.39. The number of fused-ring (bicyclic) bond motifs is 1. The predicted molar refractivity (Wildman–Crippen MR) is 75.6 cm³/mol. The maximum Gasteiger partial charge on any atom is 0.127 e.